The number of nitrogens with zero attached hydrogens (tertiary/aromatic N) is 1. The molecule has 2 aromatic carbocycles. The number of pyridine rings is 1. The third-order valence-electron chi connectivity index (χ3n) is 4.55. The Balaban J connectivity index is 1.81. The van der Waals surface area contributed by atoms with E-state index in [1.165, 1.54) is 5.56 Å². The zero-order chi connectivity index (χ0) is 15.6. The Morgan fingerprint density at radius 1 is 1.04 bits per heavy atom. The lowest BCUT2D eigenvalue weighted by Gasteiger charge is -2.25. The predicted octanol–water partition coefficient (Wildman–Crippen LogP) is 4.22. The van der Waals surface area contributed by atoms with Crippen LogP contribution < -0.4 is 5.32 Å². The summed E-state index contributed by atoms with van der Waals surface area (Å²) in [5.74, 6) is 0. The van der Waals surface area contributed by atoms with Crippen molar-refractivity contribution in [3.05, 3.63) is 71.4 Å². The van der Waals surface area contributed by atoms with Crippen LogP contribution in [-0.4, -0.2) is 10.1 Å². The van der Waals surface area contributed by atoms with Crippen LogP contribution in [0.4, 0.5) is 5.69 Å². The summed E-state index contributed by atoms with van der Waals surface area (Å²) < 4.78 is 0. The third-order valence-corrected chi connectivity index (χ3v) is 4.55. The van der Waals surface area contributed by atoms with E-state index >= 15 is 0 Å². The Labute approximate surface area is 136 Å². The summed E-state index contributed by atoms with van der Waals surface area (Å²) in [5.41, 5.74) is 5.30. The standard InChI is InChI=1S/C20H20N2O/c23-18-12-6-11-17-19(18)20(15-9-4-5-10-16(15)22-17)21-13-14-7-2-1-3-8-14/h1-5,7-10,18,23H,6,11-13H2,(H,21,22)/t18-/m1/s1. The van der Waals surface area contributed by atoms with Gasteiger partial charge in [0.25, 0.3) is 0 Å². The molecule has 0 unspecified atom stereocenters. The molecule has 1 atom stereocenters. The molecule has 0 bridgehead atoms. The lowest BCUT2D eigenvalue weighted by atomic mass is 9.90. The number of hydrogen-bond acceptors (Lipinski definition) is 3. The van der Waals surface area contributed by atoms with Crippen LogP contribution >= 0.6 is 0 Å². The van der Waals surface area contributed by atoms with Crippen molar-refractivity contribution in [1.82, 2.24) is 4.98 Å². The summed E-state index contributed by atoms with van der Waals surface area (Å²) in [6.07, 6.45) is 2.33. The molecule has 0 fully saturated rings. The summed E-state index contributed by atoms with van der Waals surface area (Å²) in [6, 6.07) is 18.5. The predicted molar refractivity (Wildman–Crippen MR) is 93.4 cm³/mol. The molecular weight excluding hydrogens is 284 g/mol. The van der Waals surface area contributed by atoms with Gasteiger partial charge < -0.3 is 10.4 Å². The Bertz CT molecular complexity index is 830. The molecule has 0 spiro atoms. The van der Waals surface area contributed by atoms with Crippen LogP contribution in [0.15, 0.2) is 54.6 Å². The van der Waals surface area contributed by atoms with Gasteiger partial charge >= 0.3 is 0 Å². The monoisotopic (exact) mass is 304 g/mol. The molecule has 0 saturated carbocycles. The van der Waals surface area contributed by atoms with Gasteiger partial charge in [-0.15, -0.1) is 0 Å². The molecule has 3 aromatic rings. The number of fused-ring (bicyclic) bond motifs is 2. The Kier molecular flexibility index (Phi) is 3.72. The van der Waals surface area contributed by atoms with Gasteiger partial charge in [-0.25, -0.2) is 0 Å². The normalized spacial score (nSPS) is 17.0. The van der Waals surface area contributed by atoms with E-state index in [1.54, 1.807) is 0 Å². The Hall–Kier alpha value is -2.39. The van der Waals surface area contributed by atoms with E-state index in [2.05, 4.69) is 23.5 Å². The first-order valence-electron chi connectivity index (χ1n) is 8.20. The number of aliphatic hydroxyl groups is 1. The summed E-state index contributed by atoms with van der Waals surface area (Å²) in [7, 11) is 0. The maximum atomic E-state index is 10.5. The first-order chi connectivity index (χ1) is 11.3. The average molecular weight is 304 g/mol. The Morgan fingerprint density at radius 2 is 1.83 bits per heavy atom. The van der Waals surface area contributed by atoms with E-state index in [4.69, 9.17) is 4.98 Å². The lowest BCUT2D eigenvalue weighted by molar-refractivity contribution is 0.156. The summed E-state index contributed by atoms with van der Waals surface area (Å²) in [4.78, 5) is 4.78. The summed E-state index contributed by atoms with van der Waals surface area (Å²) in [6.45, 7) is 0.744. The zero-order valence-electron chi connectivity index (χ0n) is 13.0. The molecule has 1 aliphatic rings. The number of aromatic nitrogens is 1. The van der Waals surface area contributed by atoms with E-state index in [9.17, 15) is 5.11 Å². The van der Waals surface area contributed by atoms with Crippen LogP contribution in [0.2, 0.25) is 0 Å². The SMILES string of the molecule is O[C@@H]1CCCc2nc3ccccc3c(NCc3ccccc3)c21. The van der Waals surface area contributed by atoms with Gasteiger partial charge in [0.1, 0.15) is 0 Å². The molecule has 116 valence electrons. The molecule has 1 aromatic heterocycles. The number of para-hydroxylation sites is 1. The minimum absolute atomic E-state index is 0.422. The fraction of sp³-hybridized carbons (Fsp3) is 0.250. The van der Waals surface area contributed by atoms with Crippen LogP contribution in [0.3, 0.4) is 0 Å². The van der Waals surface area contributed by atoms with Gasteiger partial charge in [-0.3, -0.25) is 4.98 Å². The van der Waals surface area contributed by atoms with Crippen LogP contribution in [0, 0.1) is 0 Å². The van der Waals surface area contributed by atoms with Crippen molar-refractivity contribution in [3.63, 3.8) is 0 Å². The smallest absolute Gasteiger partial charge is 0.0828 e. The van der Waals surface area contributed by atoms with E-state index in [-0.39, 0.29) is 0 Å². The van der Waals surface area contributed by atoms with Crippen LogP contribution in [0.25, 0.3) is 10.9 Å². The molecule has 0 aliphatic heterocycles. The van der Waals surface area contributed by atoms with Gasteiger partial charge in [-0.05, 0) is 30.9 Å². The van der Waals surface area contributed by atoms with Gasteiger partial charge in [0.05, 0.1) is 17.3 Å². The fourth-order valence-corrected chi connectivity index (χ4v) is 3.41. The second kappa shape index (κ2) is 6.01. The topological polar surface area (TPSA) is 45.2 Å². The van der Waals surface area contributed by atoms with E-state index in [1.807, 2.05) is 36.4 Å². The second-order valence-corrected chi connectivity index (χ2v) is 6.11. The molecule has 3 nitrogen and oxygen atoms in total. The maximum absolute atomic E-state index is 10.5. The minimum atomic E-state index is -0.422. The van der Waals surface area contributed by atoms with Crippen molar-refractivity contribution >= 4 is 16.6 Å². The van der Waals surface area contributed by atoms with Crippen molar-refractivity contribution in [3.8, 4) is 0 Å². The summed E-state index contributed by atoms with van der Waals surface area (Å²) >= 11 is 0. The number of aryl methyl sites for hydroxylation is 1. The highest BCUT2D eigenvalue weighted by Gasteiger charge is 2.24. The highest BCUT2D eigenvalue weighted by Crippen LogP contribution is 2.38. The van der Waals surface area contributed by atoms with Crippen LogP contribution in [0.5, 0.6) is 0 Å². The van der Waals surface area contributed by atoms with E-state index in [0.29, 0.717) is 0 Å². The van der Waals surface area contributed by atoms with E-state index < -0.39 is 6.10 Å². The first-order valence-corrected chi connectivity index (χ1v) is 8.20. The van der Waals surface area contributed by atoms with E-state index in [0.717, 1.165) is 53.7 Å². The lowest BCUT2D eigenvalue weighted by Crippen LogP contribution is -2.15. The van der Waals surface area contributed by atoms with Gasteiger partial charge in [0.15, 0.2) is 0 Å². The number of aliphatic hydroxyl groups excluding tert-OH is 1. The van der Waals surface area contributed by atoms with Crippen molar-refractivity contribution in [1.29, 1.82) is 0 Å². The first kappa shape index (κ1) is 14.2. The molecule has 1 heterocycles. The number of anilines is 1. The zero-order valence-corrected chi connectivity index (χ0v) is 13.0. The van der Waals surface area contributed by atoms with Gasteiger partial charge in [0, 0.05) is 23.2 Å². The van der Waals surface area contributed by atoms with Crippen molar-refractivity contribution < 1.29 is 5.11 Å². The van der Waals surface area contributed by atoms with Crippen molar-refractivity contribution in [2.45, 2.75) is 31.9 Å². The van der Waals surface area contributed by atoms with Crippen LogP contribution in [-0.2, 0) is 13.0 Å². The number of nitrogens with one attached hydrogen (secondary N) is 1. The Morgan fingerprint density at radius 3 is 2.70 bits per heavy atom. The molecule has 0 saturated heterocycles. The molecule has 4 rings (SSSR count). The minimum Gasteiger partial charge on any atom is -0.388 e. The van der Waals surface area contributed by atoms with Crippen LogP contribution in [0.1, 0.15) is 35.8 Å². The van der Waals surface area contributed by atoms with Gasteiger partial charge in [-0.1, -0.05) is 48.5 Å². The number of hydrogen-bond donors (Lipinski definition) is 2. The number of rotatable bonds is 3. The molecular formula is C20H20N2O. The molecule has 2 N–H and O–H groups in total. The third kappa shape index (κ3) is 2.68. The maximum Gasteiger partial charge on any atom is 0.0828 e. The largest absolute Gasteiger partial charge is 0.388 e. The highest BCUT2D eigenvalue weighted by atomic mass is 16.3. The average Bonchev–Trinajstić information content (AvgIpc) is 2.60. The molecule has 0 radical (unpaired) electrons. The second-order valence-electron chi connectivity index (χ2n) is 6.11. The quantitative estimate of drug-likeness (QED) is 0.761. The van der Waals surface area contributed by atoms with Gasteiger partial charge in [-0.2, -0.15) is 0 Å². The molecule has 0 amide bonds. The highest BCUT2D eigenvalue weighted by molar-refractivity contribution is 5.93. The summed E-state index contributed by atoms with van der Waals surface area (Å²) in [5, 5.41) is 15.2. The molecule has 1 aliphatic carbocycles. The fourth-order valence-electron chi connectivity index (χ4n) is 3.41. The molecule has 3 heteroatoms. The van der Waals surface area contributed by atoms with Gasteiger partial charge in [0.2, 0.25) is 0 Å². The van der Waals surface area contributed by atoms with Crippen molar-refractivity contribution in [2.24, 2.45) is 0 Å². The van der Waals surface area contributed by atoms with Crippen molar-refractivity contribution in [2.75, 3.05) is 5.32 Å². The molecule has 23 heavy (non-hydrogen) atoms. The number of benzene rings is 2.